The Labute approximate surface area is 137 Å². The lowest BCUT2D eigenvalue weighted by molar-refractivity contribution is 0.102. The van der Waals surface area contributed by atoms with Gasteiger partial charge in [-0.15, -0.1) is 0 Å². The Morgan fingerprint density at radius 2 is 1.70 bits per heavy atom. The molecule has 1 amide bonds. The maximum absolute atomic E-state index is 12.3. The first-order chi connectivity index (χ1) is 10.9. The first-order valence-corrected chi connectivity index (χ1v) is 7.58. The van der Waals surface area contributed by atoms with Crippen molar-refractivity contribution in [1.82, 2.24) is 0 Å². The van der Waals surface area contributed by atoms with Crippen LogP contribution in [0.4, 0.5) is 11.4 Å². The van der Waals surface area contributed by atoms with Crippen molar-refractivity contribution in [3.05, 3.63) is 59.2 Å². The van der Waals surface area contributed by atoms with Crippen LogP contribution >= 0.6 is 0 Å². The number of carbonyl (C=O) groups is 1. The van der Waals surface area contributed by atoms with E-state index in [-0.39, 0.29) is 5.91 Å². The average Bonchev–Trinajstić information content (AvgIpc) is 2.56. The molecule has 23 heavy (non-hydrogen) atoms. The van der Waals surface area contributed by atoms with Crippen molar-refractivity contribution < 1.29 is 4.79 Å². The zero-order valence-electron chi connectivity index (χ0n) is 14.3. The van der Waals surface area contributed by atoms with Gasteiger partial charge in [-0.25, -0.2) is 0 Å². The molecule has 0 spiro atoms. The molecule has 4 nitrogen and oxygen atoms in total. The van der Waals surface area contributed by atoms with Crippen LogP contribution in [0.25, 0.3) is 0 Å². The molecule has 0 atom stereocenters. The second-order valence-electron chi connectivity index (χ2n) is 5.63. The summed E-state index contributed by atoms with van der Waals surface area (Å²) < 4.78 is 0. The van der Waals surface area contributed by atoms with Crippen molar-refractivity contribution in [2.75, 3.05) is 24.3 Å². The normalized spacial score (nSPS) is 11.3. The van der Waals surface area contributed by atoms with E-state index in [1.807, 2.05) is 75.2 Å². The Balaban J connectivity index is 2.11. The highest BCUT2D eigenvalue weighted by molar-refractivity contribution is 6.04. The molecule has 0 radical (unpaired) electrons. The Morgan fingerprint density at radius 3 is 2.26 bits per heavy atom. The van der Waals surface area contributed by atoms with Crippen LogP contribution in [-0.4, -0.2) is 25.8 Å². The molecule has 0 heterocycles. The van der Waals surface area contributed by atoms with E-state index in [0.29, 0.717) is 5.56 Å². The maximum Gasteiger partial charge on any atom is 0.255 e. The Kier molecular flexibility index (Phi) is 5.16. The number of hydrogen-bond acceptors (Lipinski definition) is 2. The number of amidine groups is 1. The summed E-state index contributed by atoms with van der Waals surface area (Å²) in [6.45, 7) is 6.00. The van der Waals surface area contributed by atoms with Crippen LogP contribution in [0.3, 0.4) is 0 Å². The summed E-state index contributed by atoms with van der Waals surface area (Å²) >= 11 is 0. The highest BCUT2D eigenvalue weighted by Gasteiger charge is 2.08. The van der Waals surface area contributed by atoms with Gasteiger partial charge in [0.15, 0.2) is 0 Å². The lowest BCUT2D eigenvalue weighted by Crippen LogP contribution is -2.23. The summed E-state index contributed by atoms with van der Waals surface area (Å²) in [5.41, 5.74) is 4.77. The van der Waals surface area contributed by atoms with Crippen molar-refractivity contribution in [1.29, 1.82) is 0 Å². The second-order valence-corrected chi connectivity index (χ2v) is 5.63. The van der Waals surface area contributed by atoms with Crippen LogP contribution in [0.1, 0.15) is 28.4 Å². The van der Waals surface area contributed by atoms with Crippen molar-refractivity contribution in [3.63, 3.8) is 0 Å². The molecule has 2 aromatic rings. The average molecular weight is 309 g/mol. The predicted molar refractivity (Wildman–Crippen MR) is 97.7 cm³/mol. The van der Waals surface area contributed by atoms with Crippen LogP contribution < -0.4 is 10.2 Å². The number of aryl methyl sites for hydroxylation is 2. The van der Waals surface area contributed by atoms with E-state index in [9.17, 15) is 4.79 Å². The molecular weight excluding hydrogens is 286 g/mol. The molecule has 1 N–H and O–H groups in total. The topological polar surface area (TPSA) is 44.7 Å². The molecule has 0 saturated carbocycles. The molecule has 0 aliphatic carbocycles. The molecule has 0 bridgehead atoms. The van der Waals surface area contributed by atoms with Crippen LogP contribution in [0.2, 0.25) is 0 Å². The SMILES string of the molecule is CN=C(C)N(C)c1ccc(NC(=O)c2ccc(C)c(C)c2)cc1. The molecular formula is C19H23N3O. The fraction of sp³-hybridized carbons (Fsp3) is 0.263. The molecule has 120 valence electrons. The van der Waals surface area contributed by atoms with Crippen molar-refractivity contribution in [2.45, 2.75) is 20.8 Å². The molecule has 0 saturated heterocycles. The number of nitrogens with zero attached hydrogens (tertiary/aromatic N) is 2. The van der Waals surface area contributed by atoms with Gasteiger partial charge < -0.3 is 10.2 Å². The largest absolute Gasteiger partial charge is 0.334 e. The number of aliphatic imine (C=N–C) groups is 1. The number of hydrogen-bond donors (Lipinski definition) is 1. The van der Waals surface area contributed by atoms with Gasteiger partial charge in [0.05, 0.1) is 5.84 Å². The molecule has 0 unspecified atom stereocenters. The molecule has 0 aliphatic rings. The smallest absolute Gasteiger partial charge is 0.255 e. The third-order valence-corrected chi connectivity index (χ3v) is 4.09. The first kappa shape index (κ1) is 16.7. The number of nitrogens with one attached hydrogen (secondary N) is 1. The number of benzene rings is 2. The lowest BCUT2D eigenvalue weighted by Gasteiger charge is -2.18. The lowest BCUT2D eigenvalue weighted by atomic mass is 10.1. The first-order valence-electron chi connectivity index (χ1n) is 7.58. The van der Waals surface area contributed by atoms with Gasteiger partial charge in [-0.05, 0) is 68.3 Å². The molecule has 0 fully saturated rings. The van der Waals surface area contributed by atoms with E-state index in [0.717, 1.165) is 22.8 Å². The van der Waals surface area contributed by atoms with Crippen LogP contribution in [0.15, 0.2) is 47.5 Å². The van der Waals surface area contributed by atoms with E-state index in [1.165, 1.54) is 5.56 Å². The highest BCUT2D eigenvalue weighted by Crippen LogP contribution is 2.18. The van der Waals surface area contributed by atoms with Crippen molar-refractivity contribution >= 4 is 23.1 Å². The quantitative estimate of drug-likeness (QED) is 0.687. The van der Waals surface area contributed by atoms with Crippen LogP contribution in [-0.2, 0) is 0 Å². The minimum atomic E-state index is -0.0968. The minimum absolute atomic E-state index is 0.0968. The Morgan fingerprint density at radius 1 is 1.04 bits per heavy atom. The van der Waals surface area contributed by atoms with Gasteiger partial charge in [0.1, 0.15) is 0 Å². The van der Waals surface area contributed by atoms with Crippen LogP contribution in [0.5, 0.6) is 0 Å². The molecule has 2 aromatic carbocycles. The number of anilines is 2. The third-order valence-electron chi connectivity index (χ3n) is 4.09. The molecule has 0 aromatic heterocycles. The molecule has 0 aliphatic heterocycles. The van der Waals surface area contributed by atoms with Crippen molar-refractivity contribution in [3.8, 4) is 0 Å². The van der Waals surface area contributed by atoms with E-state index in [2.05, 4.69) is 10.3 Å². The fourth-order valence-corrected chi connectivity index (χ4v) is 2.19. The zero-order valence-corrected chi connectivity index (χ0v) is 14.3. The number of amides is 1. The monoisotopic (exact) mass is 309 g/mol. The third kappa shape index (κ3) is 3.97. The van der Waals surface area contributed by atoms with E-state index in [4.69, 9.17) is 0 Å². The zero-order chi connectivity index (χ0) is 17.0. The Bertz CT molecular complexity index is 733. The Hall–Kier alpha value is -2.62. The van der Waals surface area contributed by atoms with Crippen molar-refractivity contribution in [2.24, 2.45) is 4.99 Å². The number of carbonyl (C=O) groups excluding carboxylic acids is 1. The fourth-order valence-electron chi connectivity index (χ4n) is 2.19. The van der Waals surface area contributed by atoms with Gasteiger partial charge in [0.2, 0.25) is 0 Å². The van der Waals surface area contributed by atoms with Gasteiger partial charge in [-0.2, -0.15) is 0 Å². The standard InChI is InChI=1S/C19H23N3O/c1-13-6-7-16(12-14(13)2)19(23)21-17-8-10-18(11-9-17)22(5)15(3)20-4/h6-12H,1-5H3,(H,21,23). The summed E-state index contributed by atoms with van der Waals surface area (Å²) in [5, 5.41) is 2.93. The minimum Gasteiger partial charge on any atom is -0.334 e. The van der Waals surface area contributed by atoms with E-state index in [1.54, 1.807) is 7.05 Å². The van der Waals surface area contributed by atoms with Gasteiger partial charge in [0, 0.05) is 31.0 Å². The second kappa shape index (κ2) is 7.09. The molecule has 2 rings (SSSR count). The summed E-state index contributed by atoms with van der Waals surface area (Å²) in [7, 11) is 3.73. The van der Waals surface area contributed by atoms with E-state index < -0.39 is 0 Å². The predicted octanol–water partition coefficient (Wildman–Crippen LogP) is 4.04. The van der Waals surface area contributed by atoms with Gasteiger partial charge in [0.25, 0.3) is 5.91 Å². The van der Waals surface area contributed by atoms with Gasteiger partial charge in [-0.3, -0.25) is 9.79 Å². The maximum atomic E-state index is 12.3. The van der Waals surface area contributed by atoms with Crippen LogP contribution in [0, 0.1) is 13.8 Å². The molecule has 4 heteroatoms. The summed E-state index contributed by atoms with van der Waals surface area (Å²) in [6, 6.07) is 13.4. The number of rotatable bonds is 3. The highest BCUT2D eigenvalue weighted by atomic mass is 16.1. The van der Waals surface area contributed by atoms with E-state index >= 15 is 0 Å². The summed E-state index contributed by atoms with van der Waals surface area (Å²) in [5.74, 6) is 0.831. The summed E-state index contributed by atoms with van der Waals surface area (Å²) in [4.78, 5) is 18.5. The van der Waals surface area contributed by atoms with Gasteiger partial charge >= 0.3 is 0 Å². The summed E-state index contributed by atoms with van der Waals surface area (Å²) in [6.07, 6.45) is 0. The van der Waals surface area contributed by atoms with Gasteiger partial charge in [-0.1, -0.05) is 6.07 Å².